The van der Waals surface area contributed by atoms with Crippen LogP contribution in [0.4, 0.5) is 0 Å². The molecule has 248 valence electrons. The lowest BCUT2D eigenvalue weighted by atomic mass is 9.37. The van der Waals surface area contributed by atoms with Crippen LogP contribution in [-0.2, 0) is 0 Å². The fourth-order valence-electron chi connectivity index (χ4n) is 11.7. The van der Waals surface area contributed by atoms with Gasteiger partial charge >= 0.3 is 0 Å². The zero-order chi connectivity index (χ0) is 31.3. The summed E-state index contributed by atoms with van der Waals surface area (Å²) >= 11 is 0. The van der Waals surface area contributed by atoms with Crippen LogP contribution in [0.3, 0.4) is 0 Å². The number of rotatable bonds is 15. The van der Waals surface area contributed by atoms with Gasteiger partial charge in [0.25, 0.3) is 0 Å². The fourth-order valence-corrected chi connectivity index (χ4v) is 11.7. The molecule has 0 saturated heterocycles. The lowest BCUT2D eigenvalue weighted by Gasteiger charge is -2.68. The van der Waals surface area contributed by atoms with E-state index in [1.165, 1.54) is 89.0 Å². The zero-order valence-electron chi connectivity index (χ0n) is 30.1. The lowest BCUT2D eigenvalue weighted by molar-refractivity contribution is -0.189. The zero-order valence-corrected chi connectivity index (χ0v) is 30.1. The van der Waals surface area contributed by atoms with Gasteiger partial charge in [0.1, 0.15) is 0 Å². The van der Waals surface area contributed by atoms with Crippen molar-refractivity contribution in [2.45, 2.75) is 145 Å². The summed E-state index contributed by atoms with van der Waals surface area (Å²) in [6, 6.07) is 0. The number of hydrogen-bond donors (Lipinski definition) is 3. The monoisotopic (exact) mass is 596 g/mol. The molecule has 4 aliphatic carbocycles. The fraction of sp³-hybridized carbons (Fsp3) is 0.900. The third-order valence-corrected chi connectivity index (χ3v) is 14.3. The second-order valence-electron chi connectivity index (χ2n) is 17.0. The van der Waals surface area contributed by atoms with E-state index in [1.807, 2.05) is 11.1 Å². The smallest absolute Gasteiger partial charge is 0.00369 e. The van der Waals surface area contributed by atoms with Crippen LogP contribution < -0.4 is 16.4 Å². The second kappa shape index (κ2) is 15.3. The topological polar surface area (TPSA) is 50.1 Å². The van der Waals surface area contributed by atoms with Crippen molar-refractivity contribution in [2.75, 3.05) is 32.7 Å². The van der Waals surface area contributed by atoms with Crippen LogP contribution in [0.1, 0.15) is 145 Å². The van der Waals surface area contributed by atoms with E-state index < -0.39 is 0 Å². The van der Waals surface area contributed by atoms with Crippen LogP contribution in [0.2, 0.25) is 0 Å². The first-order valence-corrected chi connectivity index (χ1v) is 19.0. The summed E-state index contributed by atoms with van der Waals surface area (Å²) in [6.07, 6.45) is 21.4. The molecule has 4 saturated carbocycles. The van der Waals surface area contributed by atoms with Crippen molar-refractivity contribution >= 4 is 0 Å². The van der Waals surface area contributed by atoms with E-state index in [-0.39, 0.29) is 0 Å². The molecule has 0 aromatic rings. The van der Waals surface area contributed by atoms with Gasteiger partial charge in [0, 0.05) is 0 Å². The first-order chi connectivity index (χ1) is 20.5. The third kappa shape index (κ3) is 7.35. The SMILES string of the molecule is CC(C)=CCC/C(CCCNCCCCNCCCN)=C1/C(C)CC2(C)C1CCC1C3(C)CCC(C)C(C)C3CCC12C. The van der Waals surface area contributed by atoms with Gasteiger partial charge in [-0.3, -0.25) is 0 Å². The minimum Gasteiger partial charge on any atom is -0.330 e. The highest BCUT2D eigenvalue weighted by Gasteiger charge is 2.67. The standard InChI is InChI=1S/C40H73N3/c1-29(2)14-11-15-33(16-12-26-42-24-9-10-25-43-27-13-23-41)37-31(4)28-40(8)35(37)17-18-36-38(6)21-19-30(3)32(5)34(38)20-22-39(36,40)7/h14,30-32,34-36,42-43H,9-13,15-28,41H2,1-8H3/b37-33+. The van der Waals surface area contributed by atoms with E-state index in [1.54, 1.807) is 0 Å². The molecule has 0 aliphatic heterocycles. The van der Waals surface area contributed by atoms with Crippen LogP contribution in [0.25, 0.3) is 0 Å². The molecule has 0 bridgehead atoms. The molecule has 43 heavy (non-hydrogen) atoms. The molecule has 4 N–H and O–H groups in total. The highest BCUT2D eigenvalue weighted by atomic mass is 14.9. The van der Waals surface area contributed by atoms with Crippen LogP contribution in [-0.4, -0.2) is 32.7 Å². The number of hydrogen-bond acceptors (Lipinski definition) is 3. The van der Waals surface area contributed by atoms with Crippen LogP contribution >= 0.6 is 0 Å². The van der Waals surface area contributed by atoms with Crippen molar-refractivity contribution in [3.63, 3.8) is 0 Å². The van der Waals surface area contributed by atoms with Gasteiger partial charge < -0.3 is 16.4 Å². The predicted molar refractivity (Wildman–Crippen MR) is 188 cm³/mol. The van der Waals surface area contributed by atoms with Gasteiger partial charge in [-0.2, -0.15) is 0 Å². The molecule has 4 rings (SSSR count). The Morgan fingerprint density at radius 1 is 0.814 bits per heavy atom. The average molecular weight is 596 g/mol. The molecule has 0 radical (unpaired) electrons. The summed E-state index contributed by atoms with van der Waals surface area (Å²) in [5.41, 5.74) is 12.4. The first kappa shape index (κ1) is 35.2. The molecule has 3 heteroatoms. The average Bonchev–Trinajstić information content (AvgIpc) is 3.23. The number of fused-ring (bicyclic) bond motifs is 5. The van der Waals surface area contributed by atoms with Crippen LogP contribution in [0.5, 0.6) is 0 Å². The van der Waals surface area contributed by atoms with E-state index in [9.17, 15) is 0 Å². The van der Waals surface area contributed by atoms with E-state index >= 15 is 0 Å². The van der Waals surface area contributed by atoms with E-state index in [0.29, 0.717) is 16.2 Å². The van der Waals surface area contributed by atoms with Crippen molar-refractivity contribution < 1.29 is 0 Å². The Morgan fingerprint density at radius 3 is 2.16 bits per heavy atom. The Morgan fingerprint density at radius 2 is 1.49 bits per heavy atom. The molecule has 0 spiro atoms. The minimum absolute atomic E-state index is 0.461. The number of nitrogens with one attached hydrogen (secondary N) is 2. The Kier molecular flexibility index (Phi) is 12.5. The molecule has 4 fully saturated rings. The number of allylic oxidation sites excluding steroid dienone is 4. The summed E-state index contributed by atoms with van der Waals surface area (Å²) in [4.78, 5) is 0. The summed E-state index contributed by atoms with van der Waals surface area (Å²) in [7, 11) is 0. The Labute approximate surface area is 268 Å². The highest BCUT2D eigenvalue weighted by molar-refractivity contribution is 5.32. The van der Waals surface area contributed by atoms with Gasteiger partial charge in [0.15, 0.2) is 0 Å². The molecular weight excluding hydrogens is 522 g/mol. The molecule has 0 aromatic carbocycles. The quantitative estimate of drug-likeness (QED) is 0.130. The first-order valence-electron chi connectivity index (χ1n) is 19.0. The molecular formula is C40H73N3. The van der Waals surface area contributed by atoms with Gasteiger partial charge in [-0.05, 0) is 188 Å². The minimum atomic E-state index is 0.461. The lowest BCUT2D eigenvalue weighted by Crippen LogP contribution is -2.61. The molecule has 3 nitrogen and oxygen atoms in total. The van der Waals surface area contributed by atoms with E-state index in [0.717, 1.165) is 74.7 Å². The third-order valence-electron chi connectivity index (χ3n) is 14.3. The van der Waals surface area contributed by atoms with E-state index in [4.69, 9.17) is 5.73 Å². The molecule has 0 heterocycles. The summed E-state index contributed by atoms with van der Waals surface area (Å²) in [6.45, 7) is 25.9. The maximum atomic E-state index is 5.59. The van der Waals surface area contributed by atoms with Gasteiger partial charge in [-0.25, -0.2) is 0 Å². The number of unbranched alkanes of at least 4 members (excludes halogenated alkanes) is 1. The second-order valence-corrected chi connectivity index (χ2v) is 17.0. The maximum absolute atomic E-state index is 5.59. The molecule has 4 aliphatic rings. The van der Waals surface area contributed by atoms with E-state index in [2.05, 4.69) is 72.1 Å². The molecule has 9 atom stereocenters. The largest absolute Gasteiger partial charge is 0.330 e. The summed E-state index contributed by atoms with van der Waals surface area (Å²) in [5, 5.41) is 7.29. The van der Waals surface area contributed by atoms with Crippen LogP contribution in [0, 0.1) is 51.8 Å². The Hall–Kier alpha value is -0.640. The molecule has 0 amide bonds. The van der Waals surface area contributed by atoms with Gasteiger partial charge in [-0.15, -0.1) is 0 Å². The highest BCUT2D eigenvalue weighted by Crippen LogP contribution is 2.75. The Bertz CT molecular complexity index is 947. The number of nitrogens with two attached hydrogens (primary N) is 1. The summed E-state index contributed by atoms with van der Waals surface area (Å²) < 4.78 is 0. The van der Waals surface area contributed by atoms with Crippen molar-refractivity contribution in [2.24, 2.45) is 57.5 Å². The molecule has 0 aromatic heterocycles. The summed E-state index contributed by atoms with van der Waals surface area (Å²) in [5.74, 6) is 5.24. The van der Waals surface area contributed by atoms with Crippen molar-refractivity contribution in [3.8, 4) is 0 Å². The maximum Gasteiger partial charge on any atom is -0.00369 e. The van der Waals surface area contributed by atoms with Gasteiger partial charge in [0.2, 0.25) is 0 Å². The predicted octanol–water partition coefficient (Wildman–Crippen LogP) is 9.68. The van der Waals surface area contributed by atoms with Gasteiger partial charge in [0.05, 0.1) is 0 Å². The van der Waals surface area contributed by atoms with Crippen molar-refractivity contribution in [3.05, 3.63) is 22.8 Å². The van der Waals surface area contributed by atoms with Gasteiger partial charge in [-0.1, -0.05) is 64.3 Å². The van der Waals surface area contributed by atoms with Crippen molar-refractivity contribution in [1.29, 1.82) is 0 Å². The molecule has 9 unspecified atom stereocenters. The normalized spacial score (nSPS) is 40.0. The Balaban J connectivity index is 1.45. The van der Waals surface area contributed by atoms with Crippen molar-refractivity contribution in [1.82, 2.24) is 10.6 Å². The van der Waals surface area contributed by atoms with Crippen LogP contribution in [0.15, 0.2) is 22.8 Å².